The van der Waals surface area contributed by atoms with Crippen LogP contribution in [0.15, 0.2) is 57.7 Å². The highest BCUT2D eigenvalue weighted by atomic mass is 16.6. The third-order valence-electron chi connectivity index (χ3n) is 3.04. The summed E-state index contributed by atoms with van der Waals surface area (Å²) in [6.07, 6.45) is 1.44. The molecule has 0 spiro atoms. The van der Waals surface area contributed by atoms with Crippen LogP contribution in [0.25, 0.3) is 11.5 Å². The van der Waals surface area contributed by atoms with E-state index < -0.39 is 6.09 Å². The Bertz CT molecular complexity index is 779. The third kappa shape index (κ3) is 3.91. The number of phenols is 1. The first-order chi connectivity index (χ1) is 11.2. The lowest BCUT2D eigenvalue weighted by molar-refractivity contribution is 0.196. The summed E-state index contributed by atoms with van der Waals surface area (Å²) in [6.45, 7) is 0.366. The summed E-state index contributed by atoms with van der Waals surface area (Å²) in [7, 11) is 0. The number of aromatic nitrogens is 1. The van der Waals surface area contributed by atoms with Gasteiger partial charge >= 0.3 is 6.09 Å². The number of carbonyl (C=O) groups is 1. The highest BCUT2D eigenvalue weighted by Crippen LogP contribution is 2.23. The lowest BCUT2D eigenvalue weighted by atomic mass is 10.1. The zero-order valence-corrected chi connectivity index (χ0v) is 12.1. The zero-order valence-electron chi connectivity index (χ0n) is 12.1. The quantitative estimate of drug-likeness (QED) is 0.751. The van der Waals surface area contributed by atoms with E-state index in [1.54, 1.807) is 30.3 Å². The van der Waals surface area contributed by atoms with Gasteiger partial charge in [0.2, 0.25) is 5.76 Å². The molecule has 0 bridgehead atoms. The topological polar surface area (TPSA) is 97.7 Å². The maximum atomic E-state index is 11.7. The van der Waals surface area contributed by atoms with Crippen molar-refractivity contribution in [3.05, 3.63) is 54.3 Å². The van der Waals surface area contributed by atoms with Gasteiger partial charge in [-0.15, -0.1) is 0 Å². The molecule has 0 radical (unpaired) electrons. The first kappa shape index (κ1) is 14.7. The molecule has 2 aromatic heterocycles. The Kier molecular flexibility index (Phi) is 4.28. The summed E-state index contributed by atoms with van der Waals surface area (Å²) in [4.78, 5) is 11.7. The number of amides is 1. The van der Waals surface area contributed by atoms with Crippen molar-refractivity contribution in [3.63, 3.8) is 0 Å². The molecule has 7 nitrogen and oxygen atoms in total. The van der Waals surface area contributed by atoms with Gasteiger partial charge in [-0.25, -0.2) is 4.79 Å². The first-order valence-corrected chi connectivity index (χ1v) is 6.95. The minimum Gasteiger partial charge on any atom is -0.508 e. The SMILES string of the molecule is O=C(NCCc1cccc(O)c1)Oc1cc(-c2ccco2)on1. The van der Waals surface area contributed by atoms with Gasteiger partial charge in [0.25, 0.3) is 5.88 Å². The Hall–Kier alpha value is -3.22. The van der Waals surface area contributed by atoms with Crippen molar-refractivity contribution in [1.29, 1.82) is 0 Å². The van der Waals surface area contributed by atoms with Crippen LogP contribution in [-0.2, 0) is 6.42 Å². The van der Waals surface area contributed by atoms with Crippen LogP contribution in [0.1, 0.15) is 5.56 Å². The number of phenolic OH excluding ortho intramolecular Hbond substituents is 1. The smallest absolute Gasteiger partial charge is 0.414 e. The second-order valence-corrected chi connectivity index (χ2v) is 4.74. The number of nitrogens with zero attached hydrogens (tertiary/aromatic N) is 1. The second-order valence-electron chi connectivity index (χ2n) is 4.74. The van der Waals surface area contributed by atoms with Crippen molar-refractivity contribution in [1.82, 2.24) is 10.5 Å². The first-order valence-electron chi connectivity index (χ1n) is 6.95. The van der Waals surface area contributed by atoms with Crippen molar-refractivity contribution in [3.8, 4) is 23.1 Å². The van der Waals surface area contributed by atoms with E-state index in [0.717, 1.165) is 5.56 Å². The highest BCUT2D eigenvalue weighted by Gasteiger charge is 2.12. The molecule has 3 aromatic rings. The number of benzene rings is 1. The van der Waals surface area contributed by atoms with Gasteiger partial charge in [0.15, 0.2) is 5.76 Å². The van der Waals surface area contributed by atoms with Crippen molar-refractivity contribution < 1.29 is 23.6 Å². The minimum absolute atomic E-state index is 0.0475. The fourth-order valence-corrected chi connectivity index (χ4v) is 1.99. The van der Waals surface area contributed by atoms with Gasteiger partial charge in [-0.3, -0.25) is 0 Å². The van der Waals surface area contributed by atoms with Gasteiger partial charge in [0, 0.05) is 6.54 Å². The van der Waals surface area contributed by atoms with E-state index in [9.17, 15) is 9.90 Å². The van der Waals surface area contributed by atoms with Gasteiger partial charge in [-0.1, -0.05) is 12.1 Å². The molecule has 118 valence electrons. The van der Waals surface area contributed by atoms with Gasteiger partial charge < -0.3 is 24.1 Å². The standard InChI is InChI=1S/C16H14N2O5/c19-12-4-1-3-11(9-12)6-7-17-16(20)22-15-10-14(23-18-15)13-5-2-8-21-13/h1-5,8-10,19H,6-7H2,(H,17,20). The second kappa shape index (κ2) is 6.69. The van der Waals surface area contributed by atoms with E-state index in [-0.39, 0.29) is 11.6 Å². The molecule has 1 amide bonds. The van der Waals surface area contributed by atoms with Crippen LogP contribution in [0.4, 0.5) is 4.79 Å². The van der Waals surface area contributed by atoms with E-state index in [1.165, 1.54) is 12.3 Å². The number of hydrogen-bond acceptors (Lipinski definition) is 6. The Labute approximate surface area is 131 Å². The molecule has 0 saturated heterocycles. The summed E-state index contributed by atoms with van der Waals surface area (Å²) in [5.74, 6) is 1.11. The number of aromatic hydroxyl groups is 1. The van der Waals surface area contributed by atoms with Crippen molar-refractivity contribution in [2.24, 2.45) is 0 Å². The number of rotatable bonds is 5. The van der Waals surface area contributed by atoms with Gasteiger partial charge in [-0.2, -0.15) is 0 Å². The fourth-order valence-electron chi connectivity index (χ4n) is 1.99. The molecular weight excluding hydrogens is 300 g/mol. The van der Waals surface area contributed by atoms with Gasteiger partial charge in [-0.05, 0) is 41.4 Å². The molecule has 7 heteroatoms. The average molecular weight is 314 g/mol. The zero-order chi connectivity index (χ0) is 16.1. The molecule has 23 heavy (non-hydrogen) atoms. The minimum atomic E-state index is -0.635. The molecule has 3 rings (SSSR count). The van der Waals surface area contributed by atoms with Crippen LogP contribution < -0.4 is 10.1 Å². The predicted molar refractivity (Wildman–Crippen MR) is 80.0 cm³/mol. The van der Waals surface area contributed by atoms with E-state index in [0.29, 0.717) is 24.5 Å². The largest absolute Gasteiger partial charge is 0.508 e. The van der Waals surface area contributed by atoms with Gasteiger partial charge in [0.1, 0.15) is 5.75 Å². The molecule has 0 atom stereocenters. The molecule has 2 N–H and O–H groups in total. The van der Waals surface area contributed by atoms with Crippen LogP contribution in [0.2, 0.25) is 0 Å². The normalized spacial score (nSPS) is 10.4. The Morgan fingerprint density at radius 3 is 2.91 bits per heavy atom. The van der Waals surface area contributed by atoms with E-state index >= 15 is 0 Å². The number of hydrogen-bond donors (Lipinski definition) is 2. The summed E-state index contributed by atoms with van der Waals surface area (Å²) < 4.78 is 15.2. The van der Waals surface area contributed by atoms with Crippen LogP contribution >= 0.6 is 0 Å². The van der Waals surface area contributed by atoms with Crippen molar-refractivity contribution >= 4 is 6.09 Å². The molecule has 0 saturated carbocycles. The molecular formula is C16H14N2O5. The lowest BCUT2D eigenvalue weighted by Gasteiger charge is -2.04. The maximum absolute atomic E-state index is 11.7. The summed E-state index contributed by atoms with van der Waals surface area (Å²) >= 11 is 0. The Morgan fingerprint density at radius 2 is 2.13 bits per heavy atom. The molecule has 0 aliphatic rings. The molecule has 1 aromatic carbocycles. The molecule has 0 unspecified atom stereocenters. The number of ether oxygens (including phenoxy) is 1. The molecule has 0 aliphatic heterocycles. The molecule has 2 heterocycles. The number of carbonyl (C=O) groups excluding carboxylic acids is 1. The van der Waals surface area contributed by atoms with Gasteiger partial charge in [0.05, 0.1) is 12.3 Å². The lowest BCUT2D eigenvalue weighted by Crippen LogP contribution is -2.28. The fraction of sp³-hybridized carbons (Fsp3) is 0.125. The highest BCUT2D eigenvalue weighted by molar-refractivity contribution is 5.70. The van der Waals surface area contributed by atoms with Crippen LogP contribution in [0.5, 0.6) is 11.6 Å². The summed E-state index contributed by atoms with van der Waals surface area (Å²) in [5.41, 5.74) is 0.909. The Balaban J connectivity index is 1.48. The average Bonchev–Trinajstić information content (AvgIpc) is 3.18. The van der Waals surface area contributed by atoms with E-state index in [1.807, 2.05) is 6.07 Å². The molecule has 0 fully saturated rings. The van der Waals surface area contributed by atoms with Crippen LogP contribution in [0, 0.1) is 0 Å². The predicted octanol–water partition coefficient (Wildman–Crippen LogP) is 2.97. The van der Waals surface area contributed by atoms with Crippen LogP contribution in [-0.4, -0.2) is 22.9 Å². The third-order valence-corrected chi connectivity index (χ3v) is 3.04. The van der Waals surface area contributed by atoms with Crippen LogP contribution in [0.3, 0.4) is 0 Å². The van der Waals surface area contributed by atoms with Crippen molar-refractivity contribution in [2.45, 2.75) is 6.42 Å². The molecule has 0 aliphatic carbocycles. The van der Waals surface area contributed by atoms with E-state index in [2.05, 4.69) is 10.5 Å². The summed E-state index contributed by atoms with van der Waals surface area (Å²) in [5, 5.41) is 15.6. The monoisotopic (exact) mass is 314 g/mol. The maximum Gasteiger partial charge on any atom is 0.414 e. The Morgan fingerprint density at radius 1 is 1.22 bits per heavy atom. The van der Waals surface area contributed by atoms with Crippen molar-refractivity contribution in [2.75, 3.05) is 6.54 Å². The number of furan rings is 1. The number of nitrogens with one attached hydrogen (secondary N) is 1. The van der Waals surface area contributed by atoms with E-state index in [4.69, 9.17) is 13.7 Å². The summed E-state index contributed by atoms with van der Waals surface area (Å²) in [6, 6.07) is 11.7.